The molecule has 2 saturated heterocycles. The van der Waals surface area contributed by atoms with Gasteiger partial charge in [0.15, 0.2) is 0 Å². The molecule has 4 aliphatic rings. The van der Waals surface area contributed by atoms with Crippen molar-refractivity contribution in [3.8, 4) is 0 Å². The molecule has 0 bridgehead atoms. The zero-order valence-corrected chi connectivity index (χ0v) is 18.2. The van der Waals surface area contributed by atoms with Crippen LogP contribution in [0.1, 0.15) is 37.8 Å². The van der Waals surface area contributed by atoms with Crippen molar-refractivity contribution in [1.29, 1.82) is 0 Å². The van der Waals surface area contributed by atoms with Crippen LogP contribution in [0.5, 0.6) is 0 Å². The molecular formula is C25H22N2O6. The van der Waals surface area contributed by atoms with Gasteiger partial charge in [-0.3, -0.25) is 29.0 Å². The third-order valence-electron chi connectivity index (χ3n) is 7.27. The third-order valence-corrected chi connectivity index (χ3v) is 7.27. The summed E-state index contributed by atoms with van der Waals surface area (Å²) in [5, 5.41) is 0. The zero-order chi connectivity index (χ0) is 23.1. The molecule has 8 nitrogen and oxygen atoms in total. The quantitative estimate of drug-likeness (QED) is 0.659. The van der Waals surface area contributed by atoms with Gasteiger partial charge in [0.2, 0.25) is 11.2 Å². The van der Waals surface area contributed by atoms with Gasteiger partial charge < -0.3 is 9.47 Å². The van der Waals surface area contributed by atoms with Crippen molar-refractivity contribution < 1.29 is 28.7 Å². The standard InChI is InChI=1S/C25H22N2O6/c1-14-11-24(32-20(14)28)16-7-3-5-9-18(16)26(22(24)30)13-27-19-10-6-4-8-17(19)25(23(27)31)12-15(2)21(29)33-25/h3-10,14-15H,11-13H2,1-2H3. The maximum Gasteiger partial charge on any atom is 0.310 e. The minimum atomic E-state index is -1.37. The number of hydrogen-bond acceptors (Lipinski definition) is 6. The van der Waals surface area contributed by atoms with Crippen LogP contribution in [0.3, 0.4) is 0 Å². The lowest BCUT2D eigenvalue weighted by Gasteiger charge is -2.28. The number of esters is 2. The molecule has 0 saturated carbocycles. The number of nitrogens with zero attached hydrogens (tertiary/aromatic N) is 2. The topological polar surface area (TPSA) is 93.2 Å². The smallest absolute Gasteiger partial charge is 0.310 e. The van der Waals surface area contributed by atoms with Gasteiger partial charge in [-0.15, -0.1) is 0 Å². The van der Waals surface area contributed by atoms with Crippen molar-refractivity contribution in [2.45, 2.75) is 37.9 Å². The highest BCUT2D eigenvalue weighted by Crippen LogP contribution is 2.53. The highest BCUT2D eigenvalue weighted by molar-refractivity contribution is 6.13. The molecule has 0 N–H and O–H groups in total. The van der Waals surface area contributed by atoms with E-state index in [0.29, 0.717) is 22.5 Å². The molecule has 4 atom stereocenters. The SMILES string of the molecule is CC1CC2(OC1=O)C(=O)N(CN1C(=O)C3(CC(C)C(=O)O3)c3ccccc31)c1ccccc12. The molecule has 168 valence electrons. The largest absolute Gasteiger partial charge is 0.444 e. The highest BCUT2D eigenvalue weighted by Gasteiger charge is 2.62. The van der Waals surface area contributed by atoms with E-state index in [1.54, 1.807) is 62.4 Å². The average Bonchev–Trinajstić information content (AvgIpc) is 3.43. The van der Waals surface area contributed by atoms with Crippen LogP contribution in [-0.4, -0.2) is 30.4 Å². The zero-order valence-electron chi connectivity index (χ0n) is 18.2. The summed E-state index contributed by atoms with van der Waals surface area (Å²) >= 11 is 0. The summed E-state index contributed by atoms with van der Waals surface area (Å²) in [6.07, 6.45) is 0.504. The van der Waals surface area contributed by atoms with Crippen LogP contribution >= 0.6 is 0 Å². The van der Waals surface area contributed by atoms with E-state index >= 15 is 0 Å². The second-order valence-corrected chi connectivity index (χ2v) is 9.35. The first-order valence-electron chi connectivity index (χ1n) is 11.1. The molecule has 0 radical (unpaired) electrons. The van der Waals surface area contributed by atoms with Gasteiger partial charge in [0.1, 0.15) is 6.67 Å². The Morgan fingerprint density at radius 3 is 1.48 bits per heavy atom. The van der Waals surface area contributed by atoms with Gasteiger partial charge in [0, 0.05) is 24.0 Å². The second kappa shape index (κ2) is 6.43. The highest BCUT2D eigenvalue weighted by atomic mass is 16.6. The molecule has 2 spiro atoms. The van der Waals surface area contributed by atoms with Crippen LogP contribution in [0.2, 0.25) is 0 Å². The molecule has 33 heavy (non-hydrogen) atoms. The minimum Gasteiger partial charge on any atom is -0.444 e. The van der Waals surface area contributed by atoms with Gasteiger partial charge in [-0.2, -0.15) is 0 Å². The molecule has 8 heteroatoms. The number of carbonyl (C=O) groups is 4. The Hall–Kier alpha value is -3.68. The van der Waals surface area contributed by atoms with E-state index in [2.05, 4.69) is 0 Å². The van der Waals surface area contributed by atoms with Crippen LogP contribution in [0, 0.1) is 11.8 Å². The maximum absolute atomic E-state index is 13.7. The fraction of sp³-hybridized carbons (Fsp3) is 0.360. The second-order valence-electron chi connectivity index (χ2n) is 9.35. The summed E-state index contributed by atoms with van der Waals surface area (Å²) in [6.45, 7) is 3.41. The molecular weight excluding hydrogens is 424 g/mol. The molecule has 2 aromatic rings. The predicted octanol–water partition coefficient (Wildman–Crippen LogP) is 2.59. The first-order valence-corrected chi connectivity index (χ1v) is 11.1. The number of anilines is 2. The fourth-order valence-electron chi connectivity index (χ4n) is 5.66. The van der Waals surface area contributed by atoms with Crippen molar-refractivity contribution in [2.75, 3.05) is 16.5 Å². The van der Waals surface area contributed by atoms with Gasteiger partial charge in [-0.05, 0) is 12.1 Å². The Kier molecular flexibility index (Phi) is 3.89. The van der Waals surface area contributed by atoms with Crippen molar-refractivity contribution in [3.05, 3.63) is 59.7 Å². The Morgan fingerprint density at radius 1 is 0.727 bits per heavy atom. The van der Waals surface area contributed by atoms with Gasteiger partial charge in [-0.1, -0.05) is 50.2 Å². The molecule has 0 aliphatic carbocycles. The number of ether oxygens (including phenoxy) is 2. The van der Waals surface area contributed by atoms with Crippen molar-refractivity contribution in [3.63, 3.8) is 0 Å². The van der Waals surface area contributed by atoms with Crippen molar-refractivity contribution in [2.24, 2.45) is 11.8 Å². The number of fused-ring (bicyclic) bond motifs is 4. The van der Waals surface area contributed by atoms with E-state index in [1.807, 2.05) is 0 Å². The summed E-state index contributed by atoms with van der Waals surface area (Å²) in [4.78, 5) is 55.0. The molecule has 6 rings (SSSR count). The van der Waals surface area contributed by atoms with Crippen LogP contribution in [0.25, 0.3) is 0 Å². The van der Waals surface area contributed by atoms with Crippen LogP contribution < -0.4 is 9.80 Å². The van der Waals surface area contributed by atoms with Crippen molar-refractivity contribution >= 4 is 35.1 Å². The number of amides is 2. The van der Waals surface area contributed by atoms with E-state index in [-0.39, 0.29) is 31.3 Å². The van der Waals surface area contributed by atoms with E-state index in [0.717, 1.165) is 0 Å². The molecule has 0 aromatic heterocycles. The Bertz CT molecular complexity index is 1160. The van der Waals surface area contributed by atoms with Crippen molar-refractivity contribution in [1.82, 2.24) is 0 Å². The lowest BCUT2D eigenvalue weighted by Crippen LogP contribution is -2.49. The van der Waals surface area contributed by atoms with Crippen LogP contribution in [0.4, 0.5) is 11.4 Å². The average molecular weight is 446 g/mol. The van der Waals surface area contributed by atoms with Gasteiger partial charge in [0.05, 0.1) is 23.2 Å². The lowest BCUT2D eigenvalue weighted by atomic mass is 9.89. The molecule has 2 fully saturated rings. The predicted molar refractivity (Wildman–Crippen MR) is 116 cm³/mol. The fourth-order valence-corrected chi connectivity index (χ4v) is 5.66. The van der Waals surface area contributed by atoms with E-state index < -0.39 is 35.0 Å². The van der Waals surface area contributed by atoms with Crippen LogP contribution in [0.15, 0.2) is 48.5 Å². The molecule has 2 aromatic carbocycles. The molecule has 2 amide bonds. The van der Waals surface area contributed by atoms with Gasteiger partial charge >= 0.3 is 11.9 Å². The number of hydrogen-bond donors (Lipinski definition) is 0. The Morgan fingerprint density at radius 2 is 1.12 bits per heavy atom. The number of benzene rings is 2. The number of para-hydroxylation sites is 2. The summed E-state index contributed by atoms with van der Waals surface area (Å²) in [7, 11) is 0. The molecule has 4 aliphatic heterocycles. The maximum atomic E-state index is 13.7. The molecule has 4 unspecified atom stereocenters. The monoisotopic (exact) mass is 446 g/mol. The molecule has 4 heterocycles. The number of carbonyl (C=O) groups excluding carboxylic acids is 4. The normalized spacial score (nSPS) is 32.1. The summed E-state index contributed by atoms with van der Waals surface area (Å²) in [5.74, 6) is -2.37. The van der Waals surface area contributed by atoms with E-state index in [9.17, 15) is 19.2 Å². The minimum absolute atomic E-state index is 0.0763. The van der Waals surface area contributed by atoms with E-state index in [1.165, 1.54) is 9.80 Å². The first-order chi connectivity index (χ1) is 15.8. The number of rotatable bonds is 2. The van der Waals surface area contributed by atoms with Crippen LogP contribution in [-0.2, 0) is 39.9 Å². The summed E-state index contributed by atoms with van der Waals surface area (Å²) in [6, 6.07) is 14.4. The third kappa shape index (κ3) is 2.40. The van der Waals surface area contributed by atoms with E-state index in [4.69, 9.17) is 9.47 Å². The Balaban J connectivity index is 1.42. The summed E-state index contributed by atoms with van der Waals surface area (Å²) in [5.41, 5.74) is -0.283. The lowest BCUT2D eigenvalue weighted by molar-refractivity contribution is -0.158. The Labute approximate surface area is 190 Å². The van der Waals surface area contributed by atoms with Gasteiger partial charge in [-0.25, -0.2) is 0 Å². The summed E-state index contributed by atoms with van der Waals surface area (Å²) < 4.78 is 11.3. The van der Waals surface area contributed by atoms with Gasteiger partial charge in [0.25, 0.3) is 11.8 Å². The first kappa shape index (κ1) is 20.0.